The van der Waals surface area contributed by atoms with Gasteiger partial charge in [0.25, 0.3) is 0 Å². The van der Waals surface area contributed by atoms with E-state index < -0.39 is 41.6 Å². The predicted molar refractivity (Wildman–Crippen MR) is 111 cm³/mol. The first-order chi connectivity index (χ1) is 13.9. The minimum absolute atomic E-state index is 0.131. The lowest BCUT2D eigenvalue weighted by Crippen LogP contribution is -2.62. The number of benzene rings is 1. The fourth-order valence-corrected chi connectivity index (χ4v) is 2.84. The number of nitrogens with zero attached hydrogens (tertiary/aromatic N) is 1. The molecule has 2 rings (SSSR count). The smallest absolute Gasteiger partial charge is 0.420 e. The molecule has 0 spiro atoms. The number of alkyl carbamates (subject to hydrolysis) is 1. The third-order valence-corrected chi connectivity index (χ3v) is 4.27. The van der Waals surface area contributed by atoms with E-state index in [0.717, 1.165) is 10.5 Å². The van der Waals surface area contributed by atoms with Gasteiger partial charge >= 0.3 is 18.3 Å². The molecule has 3 amide bonds. The lowest BCUT2D eigenvalue weighted by Gasteiger charge is -2.43. The normalized spacial score (nSPS) is 18.6. The highest BCUT2D eigenvalue weighted by Crippen LogP contribution is 2.29. The highest BCUT2D eigenvalue weighted by atomic mass is 16.6. The van der Waals surface area contributed by atoms with Gasteiger partial charge in [-0.1, -0.05) is 30.3 Å². The maximum atomic E-state index is 12.7. The van der Waals surface area contributed by atoms with Gasteiger partial charge in [-0.3, -0.25) is 0 Å². The van der Waals surface area contributed by atoms with Crippen LogP contribution in [0, 0.1) is 0 Å². The molecule has 2 atom stereocenters. The molecule has 8 nitrogen and oxygen atoms in total. The van der Waals surface area contributed by atoms with E-state index in [1.165, 1.54) is 0 Å². The molecular weight excluding hydrogens is 388 g/mol. The Hall–Kier alpha value is -2.77. The molecule has 0 aliphatic heterocycles. The molecule has 1 aromatic carbocycles. The minimum atomic E-state index is -0.800. The Morgan fingerprint density at radius 1 is 0.933 bits per heavy atom. The second kappa shape index (κ2) is 9.36. The average Bonchev–Trinajstić information content (AvgIpc) is 2.59. The largest absolute Gasteiger partial charge is 0.445 e. The number of rotatable bonds is 4. The van der Waals surface area contributed by atoms with Crippen LogP contribution in [0.1, 0.15) is 59.9 Å². The van der Waals surface area contributed by atoms with Crippen molar-refractivity contribution in [3.05, 3.63) is 35.9 Å². The fourth-order valence-electron chi connectivity index (χ4n) is 2.84. The molecule has 1 fully saturated rings. The summed E-state index contributed by atoms with van der Waals surface area (Å²) in [5.41, 5.74) is -0.695. The van der Waals surface area contributed by atoms with Gasteiger partial charge in [-0.05, 0) is 59.9 Å². The summed E-state index contributed by atoms with van der Waals surface area (Å²) in [4.78, 5) is 38.6. The quantitative estimate of drug-likeness (QED) is 0.715. The maximum Gasteiger partial charge on any atom is 0.420 e. The second-order valence-electron chi connectivity index (χ2n) is 9.29. The summed E-state index contributed by atoms with van der Waals surface area (Å²) in [5, 5.41) is 2.73. The number of hydrogen-bond donors (Lipinski definition) is 1. The molecule has 1 aliphatic carbocycles. The molecule has 1 N–H and O–H groups in total. The molecule has 1 aliphatic rings. The number of hydrogen-bond acceptors (Lipinski definition) is 6. The standard InChI is InChI=1S/C22H32N2O6/c1-21(2,3)29-19(26)24(20(27)30-22(4,5)6)17-13-12-16(17)23-18(25)28-14-15-10-8-7-9-11-15/h7-11,16-17H,12-14H2,1-6H3,(H,23,25)/t16-,17-/m0/s1. The molecule has 0 bridgehead atoms. The lowest BCUT2D eigenvalue weighted by molar-refractivity contribution is -0.0212. The predicted octanol–water partition coefficient (Wildman–Crippen LogP) is 4.62. The summed E-state index contributed by atoms with van der Waals surface area (Å²) in [5.74, 6) is 0. The van der Waals surface area contributed by atoms with Crippen molar-refractivity contribution in [3.63, 3.8) is 0 Å². The van der Waals surface area contributed by atoms with Gasteiger partial charge in [0.1, 0.15) is 17.8 Å². The summed E-state index contributed by atoms with van der Waals surface area (Å²) < 4.78 is 16.0. The van der Waals surface area contributed by atoms with Gasteiger partial charge in [0.05, 0.1) is 12.1 Å². The van der Waals surface area contributed by atoms with E-state index in [-0.39, 0.29) is 6.61 Å². The first-order valence-corrected chi connectivity index (χ1v) is 10.1. The highest BCUT2D eigenvalue weighted by molar-refractivity contribution is 5.89. The number of nitrogens with one attached hydrogen (secondary N) is 1. The van der Waals surface area contributed by atoms with E-state index in [1.54, 1.807) is 41.5 Å². The molecule has 0 aromatic heterocycles. The van der Waals surface area contributed by atoms with Crippen molar-refractivity contribution in [1.82, 2.24) is 10.2 Å². The number of imide groups is 1. The van der Waals surface area contributed by atoms with Gasteiger partial charge in [0, 0.05) is 0 Å². The third-order valence-electron chi connectivity index (χ3n) is 4.27. The van der Waals surface area contributed by atoms with Gasteiger partial charge in [-0.15, -0.1) is 0 Å². The monoisotopic (exact) mass is 420 g/mol. The van der Waals surface area contributed by atoms with Crippen LogP contribution in [0.4, 0.5) is 14.4 Å². The highest BCUT2D eigenvalue weighted by Gasteiger charge is 2.45. The molecule has 0 saturated heterocycles. The summed E-state index contributed by atoms with van der Waals surface area (Å²) >= 11 is 0. The Morgan fingerprint density at radius 3 is 1.90 bits per heavy atom. The zero-order valence-corrected chi connectivity index (χ0v) is 18.6. The van der Waals surface area contributed by atoms with E-state index in [4.69, 9.17) is 14.2 Å². The van der Waals surface area contributed by atoms with Crippen molar-refractivity contribution in [3.8, 4) is 0 Å². The lowest BCUT2D eigenvalue weighted by atomic mass is 9.85. The SMILES string of the molecule is CC(C)(C)OC(=O)N(C(=O)OC(C)(C)C)[C@H]1CC[C@@H]1NC(=O)OCc1ccccc1. The number of carbonyl (C=O) groups excluding carboxylic acids is 3. The van der Waals surface area contributed by atoms with Crippen LogP contribution in [-0.2, 0) is 20.8 Å². The molecule has 8 heteroatoms. The van der Waals surface area contributed by atoms with Gasteiger partial charge in [-0.25, -0.2) is 19.3 Å². The molecule has 0 unspecified atom stereocenters. The van der Waals surface area contributed by atoms with Crippen LogP contribution in [0.3, 0.4) is 0 Å². The fraction of sp³-hybridized carbons (Fsp3) is 0.591. The van der Waals surface area contributed by atoms with Crippen LogP contribution in [0.5, 0.6) is 0 Å². The molecule has 30 heavy (non-hydrogen) atoms. The number of ether oxygens (including phenoxy) is 3. The summed E-state index contributed by atoms with van der Waals surface area (Å²) in [6, 6.07) is 8.30. The van der Waals surface area contributed by atoms with Crippen molar-refractivity contribution in [2.75, 3.05) is 0 Å². The molecule has 1 aromatic rings. The minimum Gasteiger partial charge on any atom is -0.445 e. The molecular formula is C22H32N2O6. The van der Waals surface area contributed by atoms with Crippen LogP contribution in [0.25, 0.3) is 0 Å². The van der Waals surface area contributed by atoms with E-state index in [9.17, 15) is 14.4 Å². The molecule has 166 valence electrons. The van der Waals surface area contributed by atoms with E-state index in [1.807, 2.05) is 30.3 Å². The van der Waals surface area contributed by atoms with E-state index in [0.29, 0.717) is 12.8 Å². The summed E-state index contributed by atoms with van der Waals surface area (Å²) in [6.45, 7) is 10.4. The summed E-state index contributed by atoms with van der Waals surface area (Å²) in [6.07, 6.45) is -1.08. The molecule has 0 heterocycles. The Morgan fingerprint density at radius 2 is 1.47 bits per heavy atom. The summed E-state index contributed by atoms with van der Waals surface area (Å²) in [7, 11) is 0. The van der Waals surface area contributed by atoms with Crippen molar-refractivity contribution < 1.29 is 28.6 Å². The zero-order chi connectivity index (χ0) is 22.5. The third kappa shape index (κ3) is 7.24. The van der Waals surface area contributed by atoms with Gasteiger partial charge < -0.3 is 19.5 Å². The van der Waals surface area contributed by atoms with Gasteiger partial charge in [0.15, 0.2) is 0 Å². The van der Waals surface area contributed by atoms with E-state index >= 15 is 0 Å². The van der Waals surface area contributed by atoms with E-state index in [2.05, 4.69) is 5.32 Å². The molecule has 0 radical (unpaired) electrons. The Bertz CT molecular complexity index is 723. The average molecular weight is 421 g/mol. The molecule has 1 saturated carbocycles. The first kappa shape index (κ1) is 23.5. The van der Waals surface area contributed by atoms with Crippen molar-refractivity contribution in [2.24, 2.45) is 0 Å². The number of amides is 3. The topological polar surface area (TPSA) is 94.2 Å². The van der Waals surface area contributed by atoms with Crippen LogP contribution < -0.4 is 5.32 Å². The zero-order valence-electron chi connectivity index (χ0n) is 18.6. The first-order valence-electron chi connectivity index (χ1n) is 10.1. The van der Waals surface area contributed by atoms with Crippen LogP contribution in [0.15, 0.2) is 30.3 Å². The van der Waals surface area contributed by atoms with Crippen molar-refractivity contribution >= 4 is 18.3 Å². The second-order valence-corrected chi connectivity index (χ2v) is 9.29. The van der Waals surface area contributed by atoms with Crippen LogP contribution in [0.2, 0.25) is 0 Å². The van der Waals surface area contributed by atoms with Crippen molar-refractivity contribution in [1.29, 1.82) is 0 Å². The Kier molecular flexibility index (Phi) is 7.34. The van der Waals surface area contributed by atoms with Crippen molar-refractivity contribution in [2.45, 2.75) is 84.3 Å². The maximum absolute atomic E-state index is 12.7. The van der Waals surface area contributed by atoms with Crippen LogP contribution >= 0.6 is 0 Å². The number of carbonyl (C=O) groups is 3. The van der Waals surface area contributed by atoms with Gasteiger partial charge in [-0.2, -0.15) is 0 Å². The van der Waals surface area contributed by atoms with Crippen LogP contribution in [-0.4, -0.2) is 46.5 Å². The Labute approximate surface area is 177 Å². The Balaban J connectivity index is 2.03. The van der Waals surface area contributed by atoms with Gasteiger partial charge in [0.2, 0.25) is 0 Å².